The maximum absolute atomic E-state index is 13.4. The van der Waals surface area contributed by atoms with E-state index in [0.29, 0.717) is 13.1 Å². The first-order valence-electron chi connectivity index (χ1n) is 7.35. The average molecular weight is 331 g/mol. The Labute approximate surface area is 136 Å². The topological polar surface area (TPSA) is 50.4 Å². The highest BCUT2D eigenvalue weighted by atomic mass is 35.5. The Bertz CT molecular complexity index is 503. The van der Waals surface area contributed by atoms with Crippen LogP contribution in [0.15, 0.2) is 18.2 Å². The minimum Gasteiger partial charge on any atom is -0.444 e. The van der Waals surface area contributed by atoms with Gasteiger partial charge in [-0.05, 0) is 44.9 Å². The predicted molar refractivity (Wildman–Crippen MR) is 86.6 cm³/mol. The van der Waals surface area contributed by atoms with Gasteiger partial charge in [-0.25, -0.2) is 9.18 Å². The summed E-state index contributed by atoms with van der Waals surface area (Å²) in [6, 6.07) is 4.79. The molecule has 4 nitrogen and oxygen atoms in total. The van der Waals surface area contributed by atoms with Crippen molar-refractivity contribution in [3.05, 3.63) is 34.6 Å². The molecule has 1 aromatic carbocycles. The van der Waals surface area contributed by atoms with Gasteiger partial charge in [0.15, 0.2) is 0 Å². The van der Waals surface area contributed by atoms with Crippen molar-refractivity contribution in [2.45, 2.75) is 52.3 Å². The second kappa shape index (κ2) is 8.34. The third-order valence-electron chi connectivity index (χ3n) is 2.96. The third kappa shape index (κ3) is 7.09. The number of hydrogen-bond donors (Lipinski definition) is 2. The second-order valence-corrected chi connectivity index (χ2v) is 6.52. The van der Waals surface area contributed by atoms with E-state index in [-0.39, 0.29) is 11.1 Å². The highest BCUT2D eigenvalue weighted by Crippen LogP contribution is 2.15. The summed E-state index contributed by atoms with van der Waals surface area (Å²) >= 11 is 5.65. The molecule has 0 saturated heterocycles. The first-order chi connectivity index (χ1) is 10.2. The maximum atomic E-state index is 13.4. The van der Waals surface area contributed by atoms with Crippen molar-refractivity contribution in [2.75, 3.05) is 6.54 Å². The minimum absolute atomic E-state index is 0.0752. The van der Waals surface area contributed by atoms with Crippen LogP contribution in [0.4, 0.5) is 9.18 Å². The largest absolute Gasteiger partial charge is 0.444 e. The number of amides is 1. The summed E-state index contributed by atoms with van der Waals surface area (Å²) in [5, 5.41) is 6.11. The van der Waals surface area contributed by atoms with Crippen molar-refractivity contribution in [2.24, 2.45) is 0 Å². The van der Waals surface area contributed by atoms with Crippen LogP contribution in [0.3, 0.4) is 0 Å². The molecule has 0 fully saturated rings. The van der Waals surface area contributed by atoms with Gasteiger partial charge >= 0.3 is 6.09 Å². The number of ether oxygens (including phenoxy) is 1. The van der Waals surface area contributed by atoms with Crippen molar-refractivity contribution >= 4 is 17.7 Å². The molecule has 0 bridgehead atoms. The fourth-order valence-corrected chi connectivity index (χ4v) is 1.91. The molecule has 0 saturated carbocycles. The molecule has 1 atom stereocenters. The molecule has 0 heterocycles. The van der Waals surface area contributed by atoms with Gasteiger partial charge in [0.05, 0.1) is 5.02 Å². The Morgan fingerprint density at radius 2 is 2.09 bits per heavy atom. The van der Waals surface area contributed by atoms with Gasteiger partial charge in [0.1, 0.15) is 11.4 Å². The smallest absolute Gasteiger partial charge is 0.407 e. The summed E-state index contributed by atoms with van der Waals surface area (Å²) in [5.74, 6) is -0.430. The van der Waals surface area contributed by atoms with Crippen molar-refractivity contribution in [3.63, 3.8) is 0 Å². The zero-order chi connectivity index (χ0) is 16.8. The highest BCUT2D eigenvalue weighted by molar-refractivity contribution is 6.30. The van der Waals surface area contributed by atoms with Gasteiger partial charge in [0, 0.05) is 19.1 Å². The van der Waals surface area contributed by atoms with Gasteiger partial charge in [-0.2, -0.15) is 0 Å². The van der Waals surface area contributed by atoms with Gasteiger partial charge in [-0.3, -0.25) is 0 Å². The van der Waals surface area contributed by atoms with Crippen LogP contribution < -0.4 is 10.6 Å². The summed E-state index contributed by atoms with van der Waals surface area (Å²) in [7, 11) is 0. The van der Waals surface area contributed by atoms with Crippen LogP contribution in [0.2, 0.25) is 5.02 Å². The fraction of sp³-hybridized carbons (Fsp3) is 0.562. The van der Waals surface area contributed by atoms with Gasteiger partial charge in [0.25, 0.3) is 0 Å². The van der Waals surface area contributed by atoms with E-state index >= 15 is 0 Å². The number of benzene rings is 1. The molecule has 0 aromatic heterocycles. The van der Waals surface area contributed by atoms with Crippen molar-refractivity contribution in [1.29, 1.82) is 0 Å². The Morgan fingerprint density at radius 1 is 1.41 bits per heavy atom. The lowest BCUT2D eigenvalue weighted by Crippen LogP contribution is -2.42. The number of nitrogens with one attached hydrogen (secondary N) is 2. The first kappa shape index (κ1) is 18.7. The van der Waals surface area contributed by atoms with E-state index in [1.807, 2.05) is 27.7 Å². The molecule has 1 amide bonds. The predicted octanol–water partition coefficient (Wildman–Crippen LogP) is 3.87. The Morgan fingerprint density at radius 3 is 2.64 bits per heavy atom. The molecule has 0 radical (unpaired) electrons. The van der Waals surface area contributed by atoms with Gasteiger partial charge in [0.2, 0.25) is 0 Å². The standard InChI is InChI=1S/C16H24ClFN2O2/c1-5-12(10-20-15(21)22-16(2,3)4)19-9-11-6-7-13(17)14(18)8-11/h6-8,12,19H,5,9-10H2,1-4H3,(H,20,21). The molecular formula is C16H24ClFN2O2. The molecule has 2 N–H and O–H groups in total. The summed E-state index contributed by atoms with van der Waals surface area (Å²) in [6.45, 7) is 8.41. The van der Waals surface area contributed by atoms with Gasteiger partial charge in [-0.1, -0.05) is 24.6 Å². The lowest BCUT2D eigenvalue weighted by molar-refractivity contribution is 0.0522. The SMILES string of the molecule is CCC(CNC(=O)OC(C)(C)C)NCc1ccc(Cl)c(F)c1. The van der Waals surface area contributed by atoms with E-state index in [2.05, 4.69) is 10.6 Å². The third-order valence-corrected chi connectivity index (χ3v) is 3.27. The first-order valence-corrected chi connectivity index (χ1v) is 7.73. The van der Waals surface area contributed by atoms with Crippen molar-refractivity contribution in [1.82, 2.24) is 10.6 Å². The average Bonchev–Trinajstić information content (AvgIpc) is 2.41. The van der Waals surface area contributed by atoms with E-state index in [4.69, 9.17) is 16.3 Å². The Kier molecular flexibility index (Phi) is 7.10. The van der Waals surface area contributed by atoms with Crippen LogP contribution in [-0.2, 0) is 11.3 Å². The molecule has 124 valence electrons. The van der Waals surface area contributed by atoms with E-state index < -0.39 is 17.5 Å². The van der Waals surface area contributed by atoms with E-state index in [1.54, 1.807) is 6.07 Å². The zero-order valence-electron chi connectivity index (χ0n) is 13.5. The monoisotopic (exact) mass is 330 g/mol. The molecule has 0 aliphatic carbocycles. The van der Waals surface area contributed by atoms with Gasteiger partial charge < -0.3 is 15.4 Å². The Hall–Kier alpha value is -1.33. The summed E-state index contributed by atoms with van der Waals surface area (Å²) in [4.78, 5) is 11.6. The molecule has 6 heteroatoms. The number of alkyl carbamates (subject to hydrolysis) is 1. The number of rotatable bonds is 6. The molecule has 1 rings (SSSR count). The molecule has 1 unspecified atom stereocenters. The van der Waals surface area contributed by atoms with Crippen LogP contribution in [-0.4, -0.2) is 24.3 Å². The van der Waals surface area contributed by atoms with Crippen LogP contribution in [0.5, 0.6) is 0 Å². The Balaban J connectivity index is 2.42. The highest BCUT2D eigenvalue weighted by Gasteiger charge is 2.17. The summed E-state index contributed by atoms with van der Waals surface area (Å²) in [6.07, 6.45) is 0.386. The van der Waals surface area contributed by atoms with E-state index in [0.717, 1.165) is 12.0 Å². The number of carbonyl (C=O) groups excluding carboxylic acids is 1. The second-order valence-electron chi connectivity index (χ2n) is 6.12. The van der Waals surface area contributed by atoms with Crippen LogP contribution in [0.1, 0.15) is 39.7 Å². The minimum atomic E-state index is -0.514. The molecule has 1 aromatic rings. The summed E-state index contributed by atoms with van der Waals surface area (Å²) in [5.41, 5.74) is 0.290. The number of halogens is 2. The van der Waals surface area contributed by atoms with Crippen LogP contribution in [0, 0.1) is 5.82 Å². The van der Waals surface area contributed by atoms with Crippen LogP contribution in [0.25, 0.3) is 0 Å². The zero-order valence-corrected chi connectivity index (χ0v) is 14.3. The van der Waals surface area contributed by atoms with Gasteiger partial charge in [-0.15, -0.1) is 0 Å². The lowest BCUT2D eigenvalue weighted by atomic mass is 10.1. The molecule has 0 aliphatic heterocycles. The maximum Gasteiger partial charge on any atom is 0.407 e. The fourth-order valence-electron chi connectivity index (χ4n) is 1.79. The molecule has 0 aliphatic rings. The molecule has 22 heavy (non-hydrogen) atoms. The quantitative estimate of drug-likeness (QED) is 0.832. The molecule has 0 spiro atoms. The summed E-state index contributed by atoms with van der Waals surface area (Å²) < 4.78 is 18.5. The lowest BCUT2D eigenvalue weighted by Gasteiger charge is -2.22. The van der Waals surface area contributed by atoms with Crippen LogP contribution >= 0.6 is 11.6 Å². The molecular weight excluding hydrogens is 307 g/mol. The van der Waals surface area contributed by atoms with E-state index in [9.17, 15) is 9.18 Å². The van der Waals surface area contributed by atoms with E-state index in [1.165, 1.54) is 12.1 Å². The number of carbonyl (C=O) groups is 1. The van der Waals surface area contributed by atoms with Crippen molar-refractivity contribution in [3.8, 4) is 0 Å². The van der Waals surface area contributed by atoms with Crippen molar-refractivity contribution < 1.29 is 13.9 Å². The normalized spacial score (nSPS) is 12.8. The number of hydrogen-bond acceptors (Lipinski definition) is 3.